The molecule has 0 aliphatic carbocycles. The molecule has 0 spiro atoms. The van der Waals surface area contributed by atoms with Crippen molar-refractivity contribution >= 4 is 34.2 Å². The van der Waals surface area contributed by atoms with E-state index in [-0.39, 0.29) is 5.02 Å². The minimum atomic E-state index is -0.430. The molecule has 0 aliphatic heterocycles. The smallest absolute Gasteiger partial charge is 0.144 e. The number of benzene rings is 1. The fourth-order valence-corrected chi connectivity index (χ4v) is 2.79. The minimum absolute atomic E-state index is 0.136. The van der Waals surface area contributed by atoms with Gasteiger partial charge < -0.3 is 4.57 Å². The van der Waals surface area contributed by atoms with Crippen molar-refractivity contribution in [2.24, 2.45) is 0 Å². The van der Waals surface area contributed by atoms with Gasteiger partial charge >= 0.3 is 0 Å². The predicted molar refractivity (Wildman–Crippen MR) is 78.7 cm³/mol. The highest BCUT2D eigenvalue weighted by molar-refractivity contribution is 6.31. The van der Waals surface area contributed by atoms with Crippen LogP contribution < -0.4 is 0 Å². The summed E-state index contributed by atoms with van der Waals surface area (Å²) < 4.78 is 15.7. The summed E-state index contributed by atoms with van der Waals surface area (Å²) in [5, 5.41) is 0.136. The van der Waals surface area contributed by atoms with E-state index in [9.17, 15) is 4.39 Å². The topological polar surface area (TPSA) is 17.8 Å². The summed E-state index contributed by atoms with van der Waals surface area (Å²) in [6.45, 7) is 4.27. The summed E-state index contributed by atoms with van der Waals surface area (Å²) in [5.41, 5.74) is 1.54. The van der Waals surface area contributed by atoms with Crippen molar-refractivity contribution in [2.45, 2.75) is 39.2 Å². The van der Waals surface area contributed by atoms with Crippen LogP contribution in [0.25, 0.3) is 11.0 Å². The van der Waals surface area contributed by atoms with Crippen LogP contribution in [0.15, 0.2) is 12.1 Å². The van der Waals surface area contributed by atoms with Gasteiger partial charge in [0, 0.05) is 24.4 Å². The van der Waals surface area contributed by atoms with E-state index in [0.29, 0.717) is 23.9 Å². The lowest BCUT2D eigenvalue weighted by atomic mass is 10.1. The van der Waals surface area contributed by atoms with Crippen LogP contribution in [0.5, 0.6) is 0 Å². The highest BCUT2D eigenvalue weighted by atomic mass is 35.5. The molecule has 1 aromatic heterocycles. The molecule has 0 fully saturated rings. The molecule has 2 rings (SSSR count). The third-order valence-corrected chi connectivity index (χ3v) is 3.91. The SMILES string of the molecule is CCC(CC)n1c(CCCl)nc2cc(F)c(Cl)cc21. The van der Waals surface area contributed by atoms with Crippen molar-refractivity contribution < 1.29 is 4.39 Å². The number of aryl methyl sites for hydroxylation is 1. The molecule has 0 atom stereocenters. The summed E-state index contributed by atoms with van der Waals surface area (Å²) in [7, 11) is 0. The van der Waals surface area contributed by atoms with E-state index in [2.05, 4.69) is 23.4 Å². The van der Waals surface area contributed by atoms with Gasteiger partial charge in [0.25, 0.3) is 0 Å². The second kappa shape index (κ2) is 6.10. The Morgan fingerprint density at radius 1 is 1.32 bits per heavy atom. The molecule has 5 heteroatoms. The Morgan fingerprint density at radius 3 is 2.58 bits per heavy atom. The van der Waals surface area contributed by atoms with Gasteiger partial charge in [0.2, 0.25) is 0 Å². The van der Waals surface area contributed by atoms with Crippen LogP contribution in [0.4, 0.5) is 4.39 Å². The van der Waals surface area contributed by atoms with E-state index in [4.69, 9.17) is 23.2 Å². The van der Waals surface area contributed by atoms with Crippen LogP contribution in [-0.2, 0) is 6.42 Å². The maximum absolute atomic E-state index is 13.5. The molecule has 1 aromatic carbocycles. The van der Waals surface area contributed by atoms with Crippen LogP contribution >= 0.6 is 23.2 Å². The summed E-state index contributed by atoms with van der Waals surface area (Å²) in [6, 6.07) is 3.40. The molecule has 0 amide bonds. The van der Waals surface area contributed by atoms with Gasteiger partial charge in [-0.1, -0.05) is 25.4 Å². The molecular weight excluding hydrogens is 286 g/mol. The predicted octanol–water partition coefficient (Wildman–Crippen LogP) is 4.97. The molecule has 1 heterocycles. The van der Waals surface area contributed by atoms with Gasteiger partial charge in [0.1, 0.15) is 11.6 Å². The Morgan fingerprint density at radius 2 is 2.00 bits per heavy atom. The fraction of sp³-hybridized carbons (Fsp3) is 0.500. The van der Waals surface area contributed by atoms with Crippen molar-refractivity contribution in [3.8, 4) is 0 Å². The van der Waals surface area contributed by atoms with E-state index in [1.807, 2.05) is 0 Å². The van der Waals surface area contributed by atoms with E-state index in [1.165, 1.54) is 6.07 Å². The number of rotatable bonds is 5. The lowest BCUT2D eigenvalue weighted by Crippen LogP contribution is -2.11. The number of nitrogens with zero attached hydrogens (tertiary/aromatic N) is 2. The second-order valence-corrected chi connectivity index (χ2v) is 5.35. The number of imidazole rings is 1. The molecule has 0 saturated carbocycles. The first-order valence-corrected chi connectivity index (χ1v) is 7.45. The molecular formula is C14H17Cl2FN2. The van der Waals surface area contributed by atoms with Gasteiger partial charge in [-0.05, 0) is 18.9 Å². The fourth-order valence-electron chi connectivity index (χ4n) is 2.46. The monoisotopic (exact) mass is 302 g/mol. The molecule has 0 radical (unpaired) electrons. The molecule has 0 saturated heterocycles. The first-order valence-electron chi connectivity index (χ1n) is 6.54. The standard InChI is InChI=1S/C14H17Cl2FN2/c1-3-9(4-2)19-13-7-10(16)11(17)8-12(13)18-14(19)5-6-15/h7-9H,3-6H2,1-2H3. The third kappa shape index (κ3) is 2.72. The molecule has 0 bridgehead atoms. The maximum atomic E-state index is 13.5. The highest BCUT2D eigenvalue weighted by Gasteiger charge is 2.18. The average molecular weight is 303 g/mol. The van der Waals surface area contributed by atoms with Gasteiger partial charge in [-0.15, -0.1) is 11.6 Å². The zero-order valence-corrected chi connectivity index (χ0v) is 12.6. The van der Waals surface area contributed by atoms with Crippen molar-refractivity contribution in [3.63, 3.8) is 0 Å². The zero-order chi connectivity index (χ0) is 14.0. The Labute approximate surface area is 122 Å². The van der Waals surface area contributed by atoms with Crippen molar-refractivity contribution in [1.29, 1.82) is 0 Å². The Hall–Kier alpha value is -0.800. The number of halogens is 3. The van der Waals surface area contributed by atoms with Gasteiger partial charge in [-0.25, -0.2) is 9.37 Å². The average Bonchev–Trinajstić information content (AvgIpc) is 2.71. The third-order valence-electron chi connectivity index (χ3n) is 3.43. The number of aromatic nitrogens is 2. The van der Waals surface area contributed by atoms with Crippen LogP contribution in [0.1, 0.15) is 38.6 Å². The zero-order valence-electron chi connectivity index (χ0n) is 11.1. The summed E-state index contributed by atoms with van der Waals surface area (Å²) in [6.07, 6.45) is 2.66. The first-order chi connectivity index (χ1) is 9.12. The number of hydrogen-bond donors (Lipinski definition) is 0. The van der Waals surface area contributed by atoms with E-state index in [0.717, 1.165) is 24.2 Å². The Balaban J connectivity index is 2.68. The van der Waals surface area contributed by atoms with Crippen molar-refractivity contribution in [1.82, 2.24) is 9.55 Å². The van der Waals surface area contributed by atoms with Gasteiger partial charge in [0.15, 0.2) is 0 Å². The summed E-state index contributed by atoms with van der Waals surface area (Å²) in [5.74, 6) is 0.973. The highest BCUT2D eigenvalue weighted by Crippen LogP contribution is 2.29. The first kappa shape index (κ1) is 14.6. The summed E-state index contributed by atoms with van der Waals surface area (Å²) in [4.78, 5) is 4.50. The van der Waals surface area contributed by atoms with E-state index >= 15 is 0 Å². The van der Waals surface area contributed by atoms with Crippen molar-refractivity contribution in [2.75, 3.05) is 5.88 Å². The molecule has 0 unspecified atom stereocenters. The van der Waals surface area contributed by atoms with Crippen molar-refractivity contribution in [3.05, 3.63) is 28.8 Å². The normalized spacial score (nSPS) is 11.7. The number of fused-ring (bicyclic) bond motifs is 1. The molecule has 0 N–H and O–H groups in total. The van der Waals surface area contributed by atoms with Gasteiger partial charge in [-0.2, -0.15) is 0 Å². The maximum Gasteiger partial charge on any atom is 0.144 e. The molecule has 104 valence electrons. The van der Waals surface area contributed by atoms with E-state index in [1.54, 1.807) is 6.07 Å². The van der Waals surface area contributed by atoms with Gasteiger partial charge in [0.05, 0.1) is 16.1 Å². The lowest BCUT2D eigenvalue weighted by molar-refractivity contribution is 0.468. The molecule has 2 aromatic rings. The van der Waals surface area contributed by atoms with Crippen LogP contribution in [0.3, 0.4) is 0 Å². The summed E-state index contributed by atoms with van der Waals surface area (Å²) >= 11 is 11.7. The molecule has 0 aliphatic rings. The Bertz CT molecular complexity index is 576. The quantitative estimate of drug-likeness (QED) is 0.713. The Kier molecular flexibility index (Phi) is 4.69. The molecule has 2 nitrogen and oxygen atoms in total. The van der Waals surface area contributed by atoms with Crippen LogP contribution in [0, 0.1) is 5.82 Å². The largest absolute Gasteiger partial charge is 0.325 e. The van der Waals surface area contributed by atoms with Crippen LogP contribution in [0.2, 0.25) is 5.02 Å². The van der Waals surface area contributed by atoms with E-state index < -0.39 is 5.82 Å². The molecule has 19 heavy (non-hydrogen) atoms. The second-order valence-electron chi connectivity index (χ2n) is 4.56. The number of alkyl halides is 1. The minimum Gasteiger partial charge on any atom is -0.325 e. The lowest BCUT2D eigenvalue weighted by Gasteiger charge is -2.18. The van der Waals surface area contributed by atoms with Gasteiger partial charge in [-0.3, -0.25) is 0 Å². The van der Waals surface area contributed by atoms with Crippen LogP contribution in [-0.4, -0.2) is 15.4 Å². The number of hydrogen-bond acceptors (Lipinski definition) is 1.